The second-order valence-corrected chi connectivity index (χ2v) is 9.97. The zero-order valence-corrected chi connectivity index (χ0v) is 20.7. The molecule has 0 saturated heterocycles. The molecule has 32 heavy (non-hydrogen) atoms. The van der Waals surface area contributed by atoms with Gasteiger partial charge >= 0.3 is 18.0 Å². The Morgan fingerprint density at radius 2 is 1.50 bits per heavy atom. The Kier molecular flexibility index (Phi) is 7.68. The first-order chi connectivity index (χ1) is 14.6. The van der Waals surface area contributed by atoms with E-state index in [1.54, 1.807) is 53.7 Å². The summed E-state index contributed by atoms with van der Waals surface area (Å²) in [6, 6.07) is 6.07. The highest BCUT2D eigenvalue weighted by atomic mass is 35.5. The summed E-state index contributed by atoms with van der Waals surface area (Å²) in [5, 5.41) is 1.47. The van der Waals surface area contributed by atoms with E-state index >= 15 is 0 Å². The van der Waals surface area contributed by atoms with Gasteiger partial charge in [0.05, 0.1) is 23.4 Å². The highest BCUT2D eigenvalue weighted by molar-refractivity contribution is 6.40. The number of ether oxygens (including phenoxy) is 3. The molecule has 7 nitrogen and oxygen atoms in total. The van der Waals surface area contributed by atoms with Crippen molar-refractivity contribution < 1.29 is 28.6 Å². The summed E-state index contributed by atoms with van der Waals surface area (Å²) in [5.74, 6) is -1.30. The molecule has 0 atom stereocenters. The number of rotatable bonds is 4. The van der Waals surface area contributed by atoms with Crippen LogP contribution in [-0.2, 0) is 19.0 Å². The molecule has 2 aromatic rings. The smallest absolute Gasteiger partial charge is 0.415 e. The van der Waals surface area contributed by atoms with Crippen LogP contribution in [0.5, 0.6) is 0 Å². The maximum atomic E-state index is 13.1. The number of halogens is 2. The summed E-state index contributed by atoms with van der Waals surface area (Å²) in [7, 11) is 1.24. The molecule has 0 aliphatic heterocycles. The Balaban J connectivity index is 2.74. The molecule has 0 fully saturated rings. The van der Waals surface area contributed by atoms with Crippen LogP contribution in [0.1, 0.15) is 51.9 Å². The number of carbonyl (C=O) groups excluding carboxylic acids is 3. The number of carbonyl (C=O) groups is 3. The molecule has 0 radical (unpaired) electrons. The van der Waals surface area contributed by atoms with Gasteiger partial charge in [0.25, 0.3) is 0 Å². The third-order valence-electron chi connectivity index (χ3n) is 3.98. The number of esters is 2. The average molecular weight is 484 g/mol. The molecule has 0 aromatic heterocycles. The predicted molar refractivity (Wildman–Crippen MR) is 125 cm³/mol. The van der Waals surface area contributed by atoms with Crippen molar-refractivity contribution in [3.05, 3.63) is 39.9 Å². The van der Waals surface area contributed by atoms with Gasteiger partial charge < -0.3 is 14.2 Å². The fourth-order valence-electron chi connectivity index (χ4n) is 2.92. The maximum Gasteiger partial charge on any atom is 0.415 e. The molecule has 0 heterocycles. The topological polar surface area (TPSA) is 82.1 Å². The third kappa shape index (κ3) is 6.74. The van der Waals surface area contributed by atoms with Crippen LogP contribution in [0.25, 0.3) is 10.8 Å². The van der Waals surface area contributed by atoms with Crippen LogP contribution >= 0.6 is 23.2 Å². The van der Waals surface area contributed by atoms with Gasteiger partial charge in [-0.2, -0.15) is 0 Å². The molecule has 9 heteroatoms. The molecule has 0 N–H and O–H groups in total. The molecule has 2 aromatic carbocycles. The molecule has 0 spiro atoms. The van der Waals surface area contributed by atoms with E-state index in [1.165, 1.54) is 19.2 Å². The van der Waals surface area contributed by atoms with Gasteiger partial charge in [-0.25, -0.2) is 9.59 Å². The summed E-state index contributed by atoms with van der Waals surface area (Å²) in [6.07, 6.45) is -0.808. The van der Waals surface area contributed by atoms with E-state index < -0.39 is 35.8 Å². The number of fused-ring (bicyclic) bond motifs is 1. The van der Waals surface area contributed by atoms with Crippen molar-refractivity contribution in [1.29, 1.82) is 0 Å². The van der Waals surface area contributed by atoms with Gasteiger partial charge in [0.1, 0.15) is 17.7 Å². The van der Waals surface area contributed by atoms with Crippen molar-refractivity contribution in [2.45, 2.75) is 52.7 Å². The number of anilines is 1. The largest absolute Gasteiger partial charge is 0.465 e. The van der Waals surface area contributed by atoms with Crippen molar-refractivity contribution in [1.82, 2.24) is 0 Å². The minimum absolute atomic E-state index is 0.145. The summed E-state index contributed by atoms with van der Waals surface area (Å²) in [6.45, 7) is 9.79. The van der Waals surface area contributed by atoms with E-state index in [0.717, 1.165) is 4.90 Å². The number of nitrogens with zero attached hydrogens (tertiary/aromatic N) is 1. The number of benzene rings is 2. The second-order valence-electron chi connectivity index (χ2n) is 9.13. The number of amides is 1. The average Bonchev–Trinajstić information content (AvgIpc) is 2.61. The van der Waals surface area contributed by atoms with Crippen LogP contribution < -0.4 is 4.90 Å². The van der Waals surface area contributed by atoms with E-state index in [0.29, 0.717) is 15.8 Å². The Bertz CT molecular complexity index is 1050. The zero-order valence-electron chi connectivity index (χ0n) is 19.2. The van der Waals surface area contributed by atoms with Crippen LogP contribution in [0.2, 0.25) is 10.0 Å². The first kappa shape index (κ1) is 25.7. The van der Waals surface area contributed by atoms with Gasteiger partial charge in [-0.3, -0.25) is 9.69 Å². The van der Waals surface area contributed by atoms with Gasteiger partial charge in [0, 0.05) is 10.4 Å². The quantitative estimate of drug-likeness (QED) is 0.390. The van der Waals surface area contributed by atoms with Gasteiger partial charge in [0.15, 0.2) is 0 Å². The summed E-state index contributed by atoms with van der Waals surface area (Å²) in [5.41, 5.74) is -1.28. The van der Waals surface area contributed by atoms with Crippen LogP contribution in [0.15, 0.2) is 24.3 Å². The summed E-state index contributed by atoms with van der Waals surface area (Å²) >= 11 is 12.6. The molecule has 0 bridgehead atoms. The standard InChI is InChI=1S/C23H27Cl2NO6/c1-22(2,3)31-18(27)12-26(21(29)32-23(4,5)6)17-10-14(20(28)30-7)8-13-9-15(24)11-16(25)19(13)17/h8-11H,12H2,1-7H3. The van der Waals surface area contributed by atoms with Gasteiger partial charge in [-0.1, -0.05) is 23.2 Å². The molecule has 0 saturated carbocycles. The minimum Gasteiger partial charge on any atom is -0.465 e. The lowest BCUT2D eigenvalue weighted by Gasteiger charge is -2.29. The van der Waals surface area contributed by atoms with Gasteiger partial charge in [-0.15, -0.1) is 0 Å². The third-order valence-corrected chi connectivity index (χ3v) is 4.49. The Labute approximate surface area is 197 Å². The number of hydrogen-bond acceptors (Lipinski definition) is 6. The molecule has 2 rings (SSSR count). The monoisotopic (exact) mass is 483 g/mol. The molecule has 1 amide bonds. The van der Waals surface area contributed by atoms with Crippen molar-refractivity contribution in [3.63, 3.8) is 0 Å². The molecule has 0 aliphatic rings. The van der Waals surface area contributed by atoms with E-state index in [1.807, 2.05) is 0 Å². The van der Waals surface area contributed by atoms with Gasteiger partial charge in [-0.05, 0) is 71.2 Å². The van der Waals surface area contributed by atoms with Gasteiger partial charge in [0.2, 0.25) is 0 Å². The minimum atomic E-state index is -0.841. The SMILES string of the molecule is COC(=O)c1cc(N(CC(=O)OC(C)(C)C)C(=O)OC(C)(C)C)c2c(Cl)cc(Cl)cc2c1. The van der Waals surface area contributed by atoms with E-state index in [4.69, 9.17) is 37.4 Å². The lowest BCUT2D eigenvalue weighted by Crippen LogP contribution is -2.42. The van der Waals surface area contributed by atoms with Crippen LogP contribution in [0, 0.1) is 0 Å². The summed E-state index contributed by atoms with van der Waals surface area (Å²) in [4.78, 5) is 39.2. The molecule has 0 aliphatic carbocycles. The molecule has 0 unspecified atom stereocenters. The summed E-state index contributed by atoms with van der Waals surface area (Å²) < 4.78 is 15.8. The van der Waals surface area contributed by atoms with Crippen molar-refractivity contribution >= 4 is 57.7 Å². The fourth-order valence-corrected chi connectivity index (χ4v) is 3.53. The zero-order chi connectivity index (χ0) is 24.4. The maximum absolute atomic E-state index is 13.1. The number of methoxy groups -OCH3 is 1. The van der Waals surface area contributed by atoms with Crippen molar-refractivity contribution in [3.8, 4) is 0 Å². The second kappa shape index (κ2) is 9.55. The normalized spacial score (nSPS) is 11.8. The van der Waals surface area contributed by atoms with Crippen molar-refractivity contribution in [2.75, 3.05) is 18.6 Å². The first-order valence-corrected chi connectivity index (χ1v) is 10.6. The molecule has 174 valence electrons. The van der Waals surface area contributed by atoms with Crippen molar-refractivity contribution in [2.24, 2.45) is 0 Å². The predicted octanol–water partition coefficient (Wildman–Crippen LogP) is 6.02. The Morgan fingerprint density at radius 1 is 0.906 bits per heavy atom. The Morgan fingerprint density at radius 3 is 2.03 bits per heavy atom. The lowest BCUT2D eigenvalue weighted by molar-refractivity contribution is -0.153. The highest BCUT2D eigenvalue weighted by Crippen LogP contribution is 2.37. The van der Waals surface area contributed by atoms with E-state index in [2.05, 4.69) is 0 Å². The van der Waals surface area contributed by atoms with E-state index in [9.17, 15) is 14.4 Å². The lowest BCUT2D eigenvalue weighted by atomic mass is 10.0. The van der Waals surface area contributed by atoms with E-state index in [-0.39, 0.29) is 16.3 Å². The number of hydrogen-bond donors (Lipinski definition) is 0. The molecular formula is C23H27Cl2NO6. The highest BCUT2D eigenvalue weighted by Gasteiger charge is 2.30. The van der Waals surface area contributed by atoms with Crippen LogP contribution in [0.3, 0.4) is 0 Å². The Hall–Kier alpha value is -2.51. The first-order valence-electron chi connectivity index (χ1n) is 9.85. The van der Waals surface area contributed by atoms with Crippen LogP contribution in [0.4, 0.5) is 10.5 Å². The molecular weight excluding hydrogens is 457 g/mol. The fraction of sp³-hybridized carbons (Fsp3) is 0.435. The van der Waals surface area contributed by atoms with Crippen LogP contribution in [-0.4, -0.2) is 42.9 Å².